The molecule has 0 saturated heterocycles. The van der Waals surface area contributed by atoms with Crippen LogP contribution in [0.15, 0.2) is 10.3 Å². The van der Waals surface area contributed by atoms with Crippen molar-refractivity contribution in [3.8, 4) is 0 Å². The molecule has 0 aromatic heterocycles. The van der Waals surface area contributed by atoms with Crippen LogP contribution >= 0.6 is 15.9 Å². The summed E-state index contributed by atoms with van der Waals surface area (Å²) in [5, 5.41) is 4.23. The molecular weight excluding hydrogens is 332 g/mol. The van der Waals surface area contributed by atoms with Crippen molar-refractivity contribution < 1.29 is 19.1 Å². The minimum absolute atomic E-state index is 0.268. The first-order chi connectivity index (χ1) is 9.24. The number of amides is 1. The predicted octanol–water partition coefficient (Wildman–Crippen LogP) is 0.573. The lowest BCUT2D eigenvalue weighted by molar-refractivity contribution is -0.136. The molecule has 0 bridgehead atoms. The largest absolute Gasteiger partial charge is 0.464 e. The number of nitrogens with zero attached hydrogens (tertiary/aromatic N) is 1. The normalized spacial score (nSPS) is 14.9. The number of ether oxygens (including phenoxy) is 2. The van der Waals surface area contributed by atoms with Gasteiger partial charge in [-0.3, -0.25) is 10.4 Å². The lowest BCUT2D eigenvalue weighted by atomic mass is 10.2. The fourth-order valence-corrected chi connectivity index (χ4v) is 1.86. The van der Waals surface area contributed by atoms with E-state index in [0.717, 1.165) is 0 Å². The number of methoxy groups -OCH3 is 1. The average Bonchev–Trinajstić information content (AvgIpc) is 2.68. The minimum atomic E-state index is -0.532. The smallest absolute Gasteiger partial charge is 0.407 e. The molecule has 1 aliphatic rings. The Bertz CT molecular complexity index is 419. The van der Waals surface area contributed by atoms with E-state index in [0.29, 0.717) is 17.7 Å². The highest BCUT2D eigenvalue weighted by atomic mass is 79.9. The van der Waals surface area contributed by atoms with E-state index in [-0.39, 0.29) is 5.70 Å². The number of hydrogen-bond donors (Lipinski definition) is 3. The number of nitrogens with one attached hydrogen (secondary N) is 3. The number of hydrogen-bond acceptors (Lipinski definition) is 7. The number of alkyl carbamates (subject to hydrolysis) is 1. The van der Waals surface area contributed by atoms with E-state index < -0.39 is 17.7 Å². The molecule has 0 saturated carbocycles. The monoisotopic (exact) mass is 350 g/mol. The zero-order valence-electron chi connectivity index (χ0n) is 11.9. The fourth-order valence-electron chi connectivity index (χ4n) is 1.33. The average molecular weight is 351 g/mol. The molecule has 1 aliphatic heterocycles. The Kier molecular flexibility index (Phi) is 5.63. The van der Waals surface area contributed by atoms with E-state index in [2.05, 4.69) is 36.9 Å². The van der Waals surface area contributed by atoms with Crippen LogP contribution in [0.3, 0.4) is 0 Å². The van der Waals surface area contributed by atoms with Gasteiger partial charge in [-0.2, -0.15) is 0 Å². The first-order valence-electron chi connectivity index (χ1n) is 5.98. The molecule has 0 fully saturated rings. The molecule has 0 unspecified atom stereocenters. The third-order valence-corrected chi connectivity index (χ3v) is 2.98. The quantitative estimate of drug-likeness (QED) is 0.504. The third-order valence-electron chi connectivity index (χ3n) is 2.15. The van der Waals surface area contributed by atoms with Gasteiger partial charge in [0.1, 0.15) is 10.2 Å². The minimum Gasteiger partial charge on any atom is -0.464 e. The van der Waals surface area contributed by atoms with Gasteiger partial charge in [0.2, 0.25) is 0 Å². The highest BCUT2D eigenvalue weighted by Gasteiger charge is 2.25. The molecule has 114 valence electrons. The van der Waals surface area contributed by atoms with E-state index in [1.165, 1.54) is 7.11 Å². The van der Waals surface area contributed by atoms with Crippen LogP contribution in [0.1, 0.15) is 20.8 Å². The number of hydrazine groups is 2. The van der Waals surface area contributed by atoms with Crippen LogP contribution in [0, 0.1) is 0 Å². The SMILES string of the molecule is COC(=O)C1=C(Br)N(CCNC(=O)OC(C)(C)C)NN1. The van der Waals surface area contributed by atoms with Gasteiger partial charge in [-0.25, -0.2) is 9.59 Å². The maximum absolute atomic E-state index is 11.4. The van der Waals surface area contributed by atoms with E-state index in [1.807, 2.05) is 0 Å². The fraction of sp³-hybridized carbons (Fsp3) is 0.636. The number of carbonyl (C=O) groups is 2. The van der Waals surface area contributed by atoms with Crippen molar-refractivity contribution in [2.45, 2.75) is 26.4 Å². The summed E-state index contributed by atoms with van der Waals surface area (Å²) in [5.41, 5.74) is 5.17. The summed E-state index contributed by atoms with van der Waals surface area (Å²) in [6.45, 7) is 6.14. The van der Waals surface area contributed by atoms with Crippen LogP contribution < -0.4 is 16.3 Å². The molecular formula is C11H19BrN4O4. The lowest BCUT2D eigenvalue weighted by Gasteiger charge is -2.21. The molecule has 8 nitrogen and oxygen atoms in total. The van der Waals surface area contributed by atoms with Crippen LogP contribution in [0.5, 0.6) is 0 Å². The number of carbonyl (C=O) groups excluding carboxylic acids is 2. The van der Waals surface area contributed by atoms with E-state index in [4.69, 9.17) is 4.74 Å². The van der Waals surface area contributed by atoms with Gasteiger partial charge in [-0.1, -0.05) is 0 Å². The summed E-state index contributed by atoms with van der Waals surface area (Å²) >= 11 is 3.26. The molecule has 0 atom stereocenters. The molecule has 9 heteroatoms. The Labute approximate surface area is 125 Å². The van der Waals surface area contributed by atoms with Gasteiger partial charge in [-0.05, 0) is 36.7 Å². The second kappa shape index (κ2) is 6.80. The Hall–Kier alpha value is -1.48. The molecule has 1 heterocycles. The molecule has 20 heavy (non-hydrogen) atoms. The Morgan fingerprint density at radius 3 is 2.60 bits per heavy atom. The van der Waals surface area contributed by atoms with Crippen molar-refractivity contribution in [1.82, 2.24) is 21.3 Å². The maximum Gasteiger partial charge on any atom is 0.407 e. The van der Waals surface area contributed by atoms with E-state index >= 15 is 0 Å². The summed E-state index contributed by atoms with van der Waals surface area (Å²) in [6.07, 6.45) is -0.488. The standard InChI is InChI=1S/C11H19BrN4O4/c1-11(2,3)20-10(18)13-5-6-16-8(12)7(14-15-16)9(17)19-4/h14-15H,5-6H2,1-4H3,(H,13,18). The predicted molar refractivity (Wildman–Crippen MR) is 75.2 cm³/mol. The number of halogens is 1. The van der Waals surface area contributed by atoms with Crippen molar-refractivity contribution in [3.05, 3.63) is 10.3 Å². The number of rotatable bonds is 4. The van der Waals surface area contributed by atoms with Gasteiger partial charge < -0.3 is 14.8 Å². The molecule has 1 rings (SSSR count). The summed E-state index contributed by atoms with van der Waals surface area (Å²) < 4.78 is 10.2. The van der Waals surface area contributed by atoms with Crippen molar-refractivity contribution in [2.75, 3.05) is 20.2 Å². The zero-order chi connectivity index (χ0) is 15.3. The van der Waals surface area contributed by atoms with Gasteiger partial charge in [0.05, 0.1) is 13.7 Å². The summed E-state index contributed by atoms with van der Waals surface area (Å²) in [7, 11) is 1.30. The van der Waals surface area contributed by atoms with Crippen LogP contribution in [0.4, 0.5) is 4.79 Å². The first kappa shape index (κ1) is 16.6. The van der Waals surface area contributed by atoms with Crippen molar-refractivity contribution in [3.63, 3.8) is 0 Å². The number of esters is 1. The molecule has 1 amide bonds. The van der Waals surface area contributed by atoms with Crippen molar-refractivity contribution in [2.24, 2.45) is 0 Å². The van der Waals surface area contributed by atoms with E-state index in [1.54, 1.807) is 25.8 Å². The van der Waals surface area contributed by atoms with E-state index in [9.17, 15) is 9.59 Å². The lowest BCUT2D eigenvalue weighted by Crippen LogP contribution is -2.43. The topological polar surface area (TPSA) is 91.9 Å². The van der Waals surface area contributed by atoms with Gasteiger partial charge in [0, 0.05) is 6.54 Å². The molecule has 0 spiro atoms. The summed E-state index contributed by atoms with van der Waals surface area (Å²) in [5.74, 6) is -0.494. The first-order valence-corrected chi connectivity index (χ1v) is 6.78. The highest BCUT2D eigenvalue weighted by Crippen LogP contribution is 2.18. The van der Waals surface area contributed by atoms with Gasteiger partial charge in [-0.15, -0.1) is 5.53 Å². The third kappa shape index (κ3) is 4.89. The Morgan fingerprint density at radius 1 is 1.40 bits per heavy atom. The van der Waals surface area contributed by atoms with Crippen molar-refractivity contribution >= 4 is 28.0 Å². The second-order valence-corrected chi connectivity index (χ2v) is 5.73. The highest BCUT2D eigenvalue weighted by molar-refractivity contribution is 9.11. The molecule has 3 N–H and O–H groups in total. The van der Waals surface area contributed by atoms with Crippen LogP contribution in [0.2, 0.25) is 0 Å². The van der Waals surface area contributed by atoms with Crippen LogP contribution in [-0.2, 0) is 14.3 Å². The van der Waals surface area contributed by atoms with Crippen LogP contribution in [0.25, 0.3) is 0 Å². The van der Waals surface area contributed by atoms with Crippen molar-refractivity contribution in [1.29, 1.82) is 0 Å². The maximum atomic E-state index is 11.4. The molecule has 0 radical (unpaired) electrons. The van der Waals surface area contributed by atoms with Gasteiger partial charge >= 0.3 is 12.1 Å². The van der Waals surface area contributed by atoms with Gasteiger partial charge in [0.25, 0.3) is 0 Å². The second-order valence-electron chi connectivity index (χ2n) is 4.97. The Balaban J connectivity index is 2.39. The van der Waals surface area contributed by atoms with Gasteiger partial charge in [0.15, 0.2) is 5.70 Å². The van der Waals surface area contributed by atoms with Crippen LogP contribution in [-0.4, -0.2) is 42.9 Å². The summed E-state index contributed by atoms with van der Waals surface area (Å²) in [6, 6.07) is 0. The zero-order valence-corrected chi connectivity index (χ0v) is 13.5. The molecule has 0 aliphatic carbocycles. The molecule has 0 aromatic carbocycles. The molecule has 0 aromatic rings. The Morgan fingerprint density at radius 2 is 2.05 bits per heavy atom. The summed E-state index contributed by atoms with van der Waals surface area (Å²) in [4.78, 5) is 22.8.